The molecule has 142 valence electrons. The first-order valence-corrected chi connectivity index (χ1v) is 10.4. The summed E-state index contributed by atoms with van der Waals surface area (Å²) in [4.78, 5) is 23.5. The lowest BCUT2D eigenvalue weighted by molar-refractivity contribution is -0.154. The summed E-state index contributed by atoms with van der Waals surface area (Å²) in [5.41, 5.74) is 2.88. The molecule has 0 aromatic heterocycles. The minimum absolute atomic E-state index is 0.0227. The molecule has 0 spiro atoms. The van der Waals surface area contributed by atoms with Crippen molar-refractivity contribution in [3.63, 3.8) is 0 Å². The monoisotopic (exact) mass is 356 g/mol. The van der Waals surface area contributed by atoms with Crippen molar-refractivity contribution in [2.45, 2.75) is 78.7 Å². The van der Waals surface area contributed by atoms with E-state index in [0.717, 1.165) is 31.3 Å². The van der Waals surface area contributed by atoms with Gasteiger partial charge in [-0.1, -0.05) is 31.6 Å². The number of carbonyl (C=O) groups is 2. The predicted molar refractivity (Wildman–Crippen MR) is 101 cm³/mol. The van der Waals surface area contributed by atoms with E-state index in [1.165, 1.54) is 31.8 Å². The number of Topliss-reactive ketones (excluding diaryl/α,β-unsaturated/α-hetero) is 1. The summed E-state index contributed by atoms with van der Waals surface area (Å²) >= 11 is 0. The van der Waals surface area contributed by atoms with Crippen LogP contribution in [0.25, 0.3) is 0 Å². The van der Waals surface area contributed by atoms with Gasteiger partial charge in [0.25, 0.3) is 0 Å². The molecule has 2 unspecified atom stereocenters. The number of hydrogen-bond donors (Lipinski definition) is 0. The maximum Gasteiger partial charge on any atom is 0.302 e. The summed E-state index contributed by atoms with van der Waals surface area (Å²) in [6.45, 7) is 8.03. The number of ketones is 1. The van der Waals surface area contributed by atoms with E-state index in [0.29, 0.717) is 23.2 Å². The molecule has 3 saturated carbocycles. The van der Waals surface area contributed by atoms with E-state index >= 15 is 0 Å². The van der Waals surface area contributed by atoms with Crippen LogP contribution in [0.4, 0.5) is 0 Å². The second-order valence-electron chi connectivity index (χ2n) is 9.63. The normalized spacial score (nSPS) is 44.2. The Balaban J connectivity index is 1.56. The highest BCUT2D eigenvalue weighted by molar-refractivity contribution is 5.96. The average Bonchev–Trinajstić information content (AvgIpc) is 2.92. The minimum Gasteiger partial charge on any atom is -0.463 e. The number of esters is 1. The highest BCUT2D eigenvalue weighted by Crippen LogP contribution is 2.65. The van der Waals surface area contributed by atoms with E-state index in [4.69, 9.17) is 4.74 Å². The lowest BCUT2D eigenvalue weighted by atomic mass is 9.46. The van der Waals surface area contributed by atoms with Crippen molar-refractivity contribution in [1.29, 1.82) is 0 Å². The molecule has 4 rings (SSSR count). The molecule has 0 aromatic rings. The fraction of sp³-hybridized carbons (Fsp3) is 0.739. The Labute approximate surface area is 157 Å². The van der Waals surface area contributed by atoms with Gasteiger partial charge in [0.2, 0.25) is 0 Å². The van der Waals surface area contributed by atoms with E-state index in [2.05, 4.69) is 26.0 Å². The third-order valence-corrected chi connectivity index (χ3v) is 8.37. The average molecular weight is 357 g/mol. The van der Waals surface area contributed by atoms with Crippen LogP contribution < -0.4 is 0 Å². The topological polar surface area (TPSA) is 43.4 Å². The number of rotatable bonds is 2. The van der Waals surface area contributed by atoms with Crippen molar-refractivity contribution in [2.24, 2.45) is 28.6 Å². The second-order valence-corrected chi connectivity index (χ2v) is 9.63. The molecule has 3 fully saturated rings. The zero-order chi connectivity index (χ0) is 18.7. The van der Waals surface area contributed by atoms with Gasteiger partial charge in [-0.05, 0) is 75.0 Å². The molecule has 0 radical (unpaired) electrons. The quantitative estimate of drug-likeness (QED) is 0.654. The van der Waals surface area contributed by atoms with Gasteiger partial charge < -0.3 is 4.74 Å². The van der Waals surface area contributed by atoms with Crippen molar-refractivity contribution >= 4 is 11.8 Å². The van der Waals surface area contributed by atoms with E-state index < -0.39 is 0 Å². The Hall–Kier alpha value is -1.38. The summed E-state index contributed by atoms with van der Waals surface area (Å²) in [5, 5.41) is 0. The standard InChI is InChI=1S/C23H32O3/c1-14(24)19-7-8-20-18-6-5-16-13-17(26-15(2)25)9-11-22(16,3)21(18)10-12-23(19,20)4/h7-8,16-18,21H,5-6,9-13H2,1-4H3/t16?,17?,18-,21-,22-,23+/m0/s1. The summed E-state index contributed by atoms with van der Waals surface area (Å²) in [6, 6.07) is 0. The highest BCUT2D eigenvalue weighted by atomic mass is 16.5. The van der Waals surface area contributed by atoms with Crippen LogP contribution in [-0.4, -0.2) is 17.9 Å². The van der Waals surface area contributed by atoms with E-state index in [1.807, 2.05) is 0 Å². The van der Waals surface area contributed by atoms with Crippen LogP contribution in [0.5, 0.6) is 0 Å². The summed E-state index contributed by atoms with van der Waals surface area (Å²) in [5.74, 6) is 2.08. The SMILES string of the molecule is CC(=O)OC1CC[C@@]2(C)C(CC[C@H]3C4=CC=C(C(C)=O)[C@@]4(C)CC[C@@H]32)C1. The Bertz CT molecular complexity index is 702. The Morgan fingerprint density at radius 1 is 1.04 bits per heavy atom. The van der Waals surface area contributed by atoms with Crippen LogP contribution >= 0.6 is 0 Å². The van der Waals surface area contributed by atoms with Gasteiger partial charge in [0.05, 0.1) is 0 Å². The Kier molecular flexibility index (Phi) is 4.20. The molecule has 0 N–H and O–H groups in total. The molecule has 0 saturated heterocycles. The number of carbonyl (C=O) groups excluding carboxylic acids is 2. The molecular formula is C23H32O3. The molecule has 26 heavy (non-hydrogen) atoms. The molecule has 4 aliphatic rings. The number of allylic oxidation sites excluding steroid dienone is 4. The Morgan fingerprint density at radius 3 is 2.50 bits per heavy atom. The molecule has 0 bridgehead atoms. The Morgan fingerprint density at radius 2 is 1.81 bits per heavy atom. The fourth-order valence-electron chi connectivity index (χ4n) is 7.06. The van der Waals surface area contributed by atoms with Gasteiger partial charge in [-0.3, -0.25) is 9.59 Å². The van der Waals surface area contributed by atoms with Crippen LogP contribution in [0.2, 0.25) is 0 Å². The van der Waals surface area contributed by atoms with Gasteiger partial charge in [0, 0.05) is 17.9 Å². The number of hydrogen-bond acceptors (Lipinski definition) is 3. The summed E-state index contributed by atoms with van der Waals surface area (Å²) in [7, 11) is 0. The highest BCUT2D eigenvalue weighted by Gasteiger charge is 2.57. The number of ether oxygens (including phenoxy) is 1. The molecule has 6 atom stereocenters. The smallest absolute Gasteiger partial charge is 0.302 e. The van der Waals surface area contributed by atoms with E-state index in [1.54, 1.807) is 6.92 Å². The first kappa shape index (κ1) is 18.0. The molecule has 0 heterocycles. The first-order valence-electron chi connectivity index (χ1n) is 10.4. The first-order chi connectivity index (χ1) is 12.3. The predicted octanol–water partition coefficient (Wildman–Crippen LogP) is 5.01. The van der Waals surface area contributed by atoms with Gasteiger partial charge in [0.15, 0.2) is 5.78 Å². The minimum atomic E-state index is -0.139. The van der Waals surface area contributed by atoms with Crippen LogP contribution in [0.3, 0.4) is 0 Å². The van der Waals surface area contributed by atoms with Gasteiger partial charge in [-0.25, -0.2) is 0 Å². The molecule has 0 aromatic carbocycles. The maximum absolute atomic E-state index is 12.1. The van der Waals surface area contributed by atoms with Crippen LogP contribution in [-0.2, 0) is 14.3 Å². The van der Waals surface area contributed by atoms with E-state index in [-0.39, 0.29) is 23.3 Å². The lowest BCUT2D eigenvalue weighted by Gasteiger charge is -2.59. The lowest BCUT2D eigenvalue weighted by Crippen LogP contribution is -2.52. The van der Waals surface area contributed by atoms with Gasteiger partial charge >= 0.3 is 5.97 Å². The third kappa shape index (κ3) is 2.53. The van der Waals surface area contributed by atoms with Gasteiger partial charge in [0.1, 0.15) is 6.10 Å². The van der Waals surface area contributed by atoms with Crippen molar-refractivity contribution in [3.8, 4) is 0 Å². The van der Waals surface area contributed by atoms with E-state index in [9.17, 15) is 9.59 Å². The van der Waals surface area contributed by atoms with Gasteiger partial charge in [-0.15, -0.1) is 0 Å². The molecule has 0 amide bonds. The van der Waals surface area contributed by atoms with Crippen molar-refractivity contribution in [1.82, 2.24) is 0 Å². The molecular weight excluding hydrogens is 324 g/mol. The molecule has 3 nitrogen and oxygen atoms in total. The molecule has 0 aliphatic heterocycles. The van der Waals surface area contributed by atoms with Crippen LogP contribution in [0.1, 0.15) is 72.6 Å². The van der Waals surface area contributed by atoms with Crippen molar-refractivity contribution in [3.05, 3.63) is 23.3 Å². The van der Waals surface area contributed by atoms with Crippen LogP contribution in [0.15, 0.2) is 23.3 Å². The second kappa shape index (κ2) is 6.07. The molecule has 3 heteroatoms. The number of fused-ring (bicyclic) bond motifs is 5. The van der Waals surface area contributed by atoms with Gasteiger partial charge in [-0.2, -0.15) is 0 Å². The third-order valence-electron chi connectivity index (χ3n) is 8.37. The zero-order valence-electron chi connectivity index (χ0n) is 16.6. The maximum atomic E-state index is 12.1. The van der Waals surface area contributed by atoms with Crippen LogP contribution in [0, 0.1) is 28.6 Å². The van der Waals surface area contributed by atoms with Crippen molar-refractivity contribution in [2.75, 3.05) is 0 Å². The van der Waals surface area contributed by atoms with Crippen molar-refractivity contribution < 1.29 is 14.3 Å². The summed E-state index contributed by atoms with van der Waals surface area (Å²) in [6.07, 6.45) is 12.5. The zero-order valence-corrected chi connectivity index (χ0v) is 16.6. The fourth-order valence-corrected chi connectivity index (χ4v) is 7.06. The molecule has 4 aliphatic carbocycles. The summed E-state index contributed by atoms with van der Waals surface area (Å²) < 4.78 is 5.55. The largest absolute Gasteiger partial charge is 0.463 e.